The highest BCUT2D eigenvalue weighted by molar-refractivity contribution is 7.97. The highest BCUT2D eigenvalue weighted by Crippen LogP contribution is 2.37. The van der Waals surface area contributed by atoms with E-state index in [-0.39, 0.29) is 11.5 Å². The average molecular weight is 451 g/mol. The molecule has 7 heteroatoms. The summed E-state index contributed by atoms with van der Waals surface area (Å²) >= 11 is 1.48. The maximum absolute atomic E-state index is 14.8. The molecule has 1 aromatic heterocycles. The minimum atomic E-state index is -0.456. The van der Waals surface area contributed by atoms with Crippen molar-refractivity contribution in [2.75, 3.05) is 20.7 Å². The second-order valence-electron chi connectivity index (χ2n) is 7.22. The predicted octanol–water partition coefficient (Wildman–Crippen LogP) is 6.06. The van der Waals surface area contributed by atoms with E-state index in [0.717, 1.165) is 17.9 Å². The second-order valence-corrected chi connectivity index (χ2v) is 8.50. The predicted molar refractivity (Wildman–Crippen MR) is 125 cm³/mol. The van der Waals surface area contributed by atoms with Crippen molar-refractivity contribution in [3.8, 4) is 23.0 Å². The van der Waals surface area contributed by atoms with Gasteiger partial charge in [0.25, 0.3) is 0 Å². The van der Waals surface area contributed by atoms with Gasteiger partial charge >= 0.3 is 0 Å². The summed E-state index contributed by atoms with van der Waals surface area (Å²) in [4.78, 5) is 5.02. The van der Waals surface area contributed by atoms with Crippen molar-refractivity contribution >= 4 is 22.9 Å². The maximum atomic E-state index is 14.8. The summed E-state index contributed by atoms with van der Waals surface area (Å²) in [6.07, 6.45) is 2.47. The van der Waals surface area contributed by atoms with Gasteiger partial charge in [0.1, 0.15) is 5.75 Å². The van der Waals surface area contributed by atoms with Crippen LogP contribution in [0.1, 0.15) is 5.56 Å². The molecule has 0 saturated heterocycles. The number of aromatic hydroxyl groups is 1. The molecule has 0 unspecified atom stereocenters. The van der Waals surface area contributed by atoms with Gasteiger partial charge in [0, 0.05) is 29.1 Å². The first kappa shape index (κ1) is 21.9. The van der Waals surface area contributed by atoms with Crippen LogP contribution in [-0.2, 0) is 6.42 Å². The SMILES string of the molecule is COc1cc2c(Oc3ccc(SN(C)CCc4ccccc4)cc3F)ccnc2cc1O. The molecule has 4 aromatic rings. The molecule has 3 aromatic carbocycles. The number of aromatic nitrogens is 1. The number of phenolic OH excluding ortho intramolecular Hbond substituents is 1. The van der Waals surface area contributed by atoms with Gasteiger partial charge < -0.3 is 14.6 Å². The Bertz CT molecular complexity index is 1220. The number of hydrogen-bond acceptors (Lipinski definition) is 6. The fourth-order valence-corrected chi connectivity index (χ4v) is 4.11. The van der Waals surface area contributed by atoms with Gasteiger partial charge in [-0.3, -0.25) is 4.98 Å². The van der Waals surface area contributed by atoms with Crippen LogP contribution in [0.2, 0.25) is 0 Å². The van der Waals surface area contributed by atoms with E-state index in [0.29, 0.717) is 22.4 Å². The lowest BCUT2D eigenvalue weighted by atomic mass is 10.2. The molecule has 164 valence electrons. The lowest BCUT2D eigenvalue weighted by molar-refractivity contribution is 0.374. The second kappa shape index (κ2) is 9.89. The summed E-state index contributed by atoms with van der Waals surface area (Å²) in [7, 11) is 3.45. The van der Waals surface area contributed by atoms with Crippen LogP contribution in [0.5, 0.6) is 23.0 Å². The van der Waals surface area contributed by atoms with E-state index in [4.69, 9.17) is 9.47 Å². The number of phenols is 1. The number of methoxy groups -OCH3 is 1. The van der Waals surface area contributed by atoms with Crippen molar-refractivity contribution in [2.24, 2.45) is 0 Å². The van der Waals surface area contributed by atoms with Gasteiger partial charge in [-0.2, -0.15) is 0 Å². The Balaban J connectivity index is 1.47. The molecule has 0 saturated carbocycles. The zero-order valence-electron chi connectivity index (χ0n) is 17.8. The van der Waals surface area contributed by atoms with E-state index >= 15 is 0 Å². The smallest absolute Gasteiger partial charge is 0.166 e. The van der Waals surface area contributed by atoms with E-state index in [1.165, 1.54) is 36.8 Å². The molecule has 4 rings (SSSR count). The molecule has 5 nitrogen and oxygen atoms in total. The summed E-state index contributed by atoms with van der Waals surface area (Å²) in [5, 5.41) is 10.6. The molecular formula is C25H23FN2O3S. The van der Waals surface area contributed by atoms with Crippen LogP contribution in [0.3, 0.4) is 0 Å². The molecule has 0 aliphatic heterocycles. The zero-order chi connectivity index (χ0) is 22.5. The van der Waals surface area contributed by atoms with Crippen molar-refractivity contribution < 1.29 is 19.0 Å². The molecule has 0 atom stereocenters. The molecule has 32 heavy (non-hydrogen) atoms. The van der Waals surface area contributed by atoms with E-state index in [9.17, 15) is 9.50 Å². The third-order valence-electron chi connectivity index (χ3n) is 4.94. The maximum Gasteiger partial charge on any atom is 0.166 e. The molecule has 0 bridgehead atoms. The first-order valence-corrected chi connectivity index (χ1v) is 10.9. The van der Waals surface area contributed by atoms with Crippen molar-refractivity contribution in [1.82, 2.24) is 9.29 Å². The lowest BCUT2D eigenvalue weighted by Crippen LogP contribution is -2.12. The Morgan fingerprint density at radius 2 is 1.81 bits per heavy atom. The van der Waals surface area contributed by atoms with Gasteiger partial charge in [-0.1, -0.05) is 30.3 Å². The molecule has 1 heterocycles. The molecule has 0 spiro atoms. The van der Waals surface area contributed by atoms with Crippen LogP contribution in [0.15, 0.2) is 77.8 Å². The normalized spacial score (nSPS) is 11.1. The van der Waals surface area contributed by atoms with Crippen molar-refractivity contribution in [3.63, 3.8) is 0 Å². The van der Waals surface area contributed by atoms with Gasteiger partial charge in [-0.25, -0.2) is 8.70 Å². The number of pyridine rings is 1. The molecule has 0 aliphatic rings. The molecule has 0 amide bonds. The zero-order valence-corrected chi connectivity index (χ0v) is 18.6. The number of ether oxygens (including phenoxy) is 2. The summed E-state index contributed by atoms with van der Waals surface area (Å²) in [5.41, 5.74) is 1.79. The molecule has 0 fully saturated rings. The van der Waals surface area contributed by atoms with E-state index in [2.05, 4.69) is 21.4 Å². The quantitative estimate of drug-likeness (QED) is 0.329. The minimum Gasteiger partial charge on any atom is -0.504 e. The van der Waals surface area contributed by atoms with Crippen LogP contribution in [0.4, 0.5) is 4.39 Å². The number of hydrogen-bond donors (Lipinski definition) is 1. The van der Waals surface area contributed by atoms with Crippen LogP contribution in [-0.4, -0.2) is 35.1 Å². The Labute approximate surface area is 190 Å². The summed E-state index contributed by atoms with van der Waals surface area (Å²) in [6, 6.07) is 19.9. The molecule has 0 radical (unpaired) electrons. The number of fused-ring (bicyclic) bond motifs is 1. The van der Waals surface area contributed by atoms with Crippen molar-refractivity contribution in [1.29, 1.82) is 0 Å². The third kappa shape index (κ3) is 5.12. The lowest BCUT2D eigenvalue weighted by Gasteiger charge is -2.16. The van der Waals surface area contributed by atoms with Gasteiger partial charge in [-0.05, 0) is 61.3 Å². The monoisotopic (exact) mass is 450 g/mol. The van der Waals surface area contributed by atoms with Crippen LogP contribution in [0.25, 0.3) is 10.9 Å². The topological polar surface area (TPSA) is 54.8 Å². The molecule has 1 N–H and O–H groups in total. The minimum absolute atomic E-state index is 0.0198. The van der Waals surface area contributed by atoms with Gasteiger partial charge in [0.15, 0.2) is 23.1 Å². The Morgan fingerprint density at radius 3 is 2.56 bits per heavy atom. The fraction of sp³-hybridized carbons (Fsp3) is 0.160. The molecule has 0 aliphatic carbocycles. The number of benzene rings is 3. The summed E-state index contributed by atoms with van der Waals surface area (Å²) in [5.74, 6) is 0.352. The van der Waals surface area contributed by atoms with Crippen LogP contribution < -0.4 is 9.47 Å². The number of rotatable bonds is 8. The van der Waals surface area contributed by atoms with Crippen molar-refractivity contribution in [3.05, 3.63) is 84.3 Å². The molecular weight excluding hydrogens is 427 g/mol. The van der Waals surface area contributed by atoms with E-state index in [1.807, 2.05) is 31.3 Å². The number of likely N-dealkylation sites (N-methyl/N-ethyl adjacent to an activating group) is 1. The first-order chi connectivity index (χ1) is 15.5. The van der Waals surface area contributed by atoms with Gasteiger partial charge in [0.2, 0.25) is 0 Å². The van der Waals surface area contributed by atoms with E-state index < -0.39 is 5.82 Å². The summed E-state index contributed by atoms with van der Waals surface area (Å²) in [6.45, 7) is 0.840. The highest BCUT2D eigenvalue weighted by Gasteiger charge is 2.13. The number of halogens is 1. The summed E-state index contributed by atoms with van der Waals surface area (Å²) < 4.78 is 27.9. The van der Waals surface area contributed by atoms with Crippen molar-refractivity contribution in [2.45, 2.75) is 11.3 Å². The van der Waals surface area contributed by atoms with E-state index in [1.54, 1.807) is 24.4 Å². The first-order valence-electron chi connectivity index (χ1n) is 10.1. The number of nitrogens with zero attached hydrogens (tertiary/aromatic N) is 2. The largest absolute Gasteiger partial charge is 0.504 e. The van der Waals surface area contributed by atoms with Crippen LogP contribution in [0, 0.1) is 5.82 Å². The standard InChI is InChI=1S/C25H23FN2O3S/c1-28(13-11-17-6-4-3-5-7-17)32-18-8-9-24(20(26)14-18)31-23-10-12-27-21-16-22(29)25(30-2)15-19(21)23/h3-10,12,14-16,29H,11,13H2,1-2H3. The van der Waals surface area contributed by atoms with Gasteiger partial charge in [0.05, 0.1) is 12.6 Å². The average Bonchev–Trinajstić information content (AvgIpc) is 2.80. The fourth-order valence-electron chi connectivity index (χ4n) is 3.29. The third-order valence-corrected chi connectivity index (χ3v) is 5.90. The highest BCUT2D eigenvalue weighted by atomic mass is 32.2. The van der Waals surface area contributed by atoms with Gasteiger partial charge in [-0.15, -0.1) is 0 Å². The Hall–Kier alpha value is -3.29. The Morgan fingerprint density at radius 1 is 1.00 bits per heavy atom. The Kier molecular flexibility index (Phi) is 6.78. The van der Waals surface area contributed by atoms with Crippen LogP contribution >= 0.6 is 11.9 Å².